The zero-order valence-corrected chi connectivity index (χ0v) is 5.91. The summed E-state index contributed by atoms with van der Waals surface area (Å²) in [4.78, 5) is 10.1. The Bertz CT molecular complexity index is 218. The molecule has 1 aromatic heterocycles. The van der Waals surface area contributed by atoms with Gasteiger partial charge in [-0.2, -0.15) is 0 Å². The molecule has 1 heterocycles. The van der Waals surface area contributed by atoms with Crippen LogP contribution in [-0.2, 0) is 4.79 Å². The molecular formula is C7H9NO3. The van der Waals surface area contributed by atoms with Gasteiger partial charge in [0.1, 0.15) is 0 Å². The van der Waals surface area contributed by atoms with Crippen LogP contribution in [0.3, 0.4) is 0 Å². The largest absolute Gasteiger partial charge is 0.481 e. The molecule has 4 nitrogen and oxygen atoms in total. The smallest absolute Gasteiger partial charge is 0.305 e. The van der Waals surface area contributed by atoms with Gasteiger partial charge in [0.2, 0.25) is 0 Å². The molecule has 0 bridgehead atoms. The van der Waals surface area contributed by atoms with Crippen molar-refractivity contribution in [1.29, 1.82) is 0 Å². The number of carboxylic acids is 1. The third-order valence-electron chi connectivity index (χ3n) is 1.16. The monoisotopic (exact) mass is 155 g/mol. The Morgan fingerprint density at radius 2 is 2.55 bits per heavy atom. The van der Waals surface area contributed by atoms with E-state index in [1.165, 1.54) is 6.26 Å². The van der Waals surface area contributed by atoms with Crippen LogP contribution in [0.5, 0.6) is 0 Å². The lowest BCUT2D eigenvalue weighted by Gasteiger charge is -1.97. The van der Waals surface area contributed by atoms with Gasteiger partial charge in [-0.1, -0.05) is 0 Å². The molecule has 0 aliphatic heterocycles. The second-order valence-corrected chi connectivity index (χ2v) is 2.05. The maximum absolute atomic E-state index is 10.1. The molecule has 11 heavy (non-hydrogen) atoms. The van der Waals surface area contributed by atoms with Gasteiger partial charge in [-0.25, -0.2) is 0 Å². The van der Waals surface area contributed by atoms with Crippen LogP contribution in [0.4, 0.5) is 5.88 Å². The number of rotatable bonds is 4. The summed E-state index contributed by atoms with van der Waals surface area (Å²) < 4.78 is 4.91. The minimum Gasteiger partial charge on any atom is -0.481 e. The third-order valence-corrected chi connectivity index (χ3v) is 1.16. The first-order valence-corrected chi connectivity index (χ1v) is 3.28. The summed E-state index contributed by atoms with van der Waals surface area (Å²) in [7, 11) is 0. The van der Waals surface area contributed by atoms with E-state index in [0.717, 1.165) is 0 Å². The Labute approximate surface area is 63.8 Å². The number of aliphatic carboxylic acids is 1. The SMILES string of the molecule is O=C(O)CCNc1ccco1. The fourth-order valence-electron chi connectivity index (χ4n) is 0.672. The highest BCUT2D eigenvalue weighted by Gasteiger charge is 1.96. The van der Waals surface area contributed by atoms with Crippen molar-refractivity contribution in [2.75, 3.05) is 11.9 Å². The van der Waals surface area contributed by atoms with Crippen molar-refractivity contribution >= 4 is 11.9 Å². The molecular weight excluding hydrogens is 146 g/mol. The zero-order chi connectivity index (χ0) is 8.10. The van der Waals surface area contributed by atoms with Crippen molar-refractivity contribution in [3.63, 3.8) is 0 Å². The molecule has 0 aliphatic carbocycles. The van der Waals surface area contributed by atoms with Gasteiger partial charge in [0, 0.05) is 12.6 Å². The summed E-state index contributed by atoms with van der Waals surface area (Å²) >= 11 is 0. The molecule has 0 aliphatic rings. The summed E-state index contributed by atoms with van der Waals surface area (Å²) in [5.41, 5.74) is 0. The summed E-state index contributed by atoms with van der Waals surface area (Å²) in [6.45, 7) is 0.392. The number of nitrogens with one attached hydrogen (secondary N) is 1. The molecule has 0 atom stereocenters. The van der Waals surface area contributed by atoms with Crippen molar-refractivity contribution < 1.29 is 14.3 Å². The maximum atomic E-state index is 10.1. The van der Waals surface area contributed by atoms with Crippen LogP contribution in [0.15, 0.2) is 22.8 Å². The highest BCUT2D eigenvalue weighted by Crippen LogP contribution is 2.05. The summed E-state index contributed by atoms with van der Waals surface area (Å²) in [6.07, 6.45) is 1.63. The van der Waals surface area contributed by atoms with Gasteiger partial charge in [0.15, 0.2) is 5.88 Å². The van der Waals surface area contributed by atoms with Crippen LogP contribution in [0.1, 0.15) is 6.42 Å². The minimum atomic E-state index is -0.816. The topological polar surface area (TPSA) is 62.5 Å². The summed E-state index contributed by atoms with van der Waals surface area (Å²) in [5, 5.41) is 11.1. The average molecular weight is 155 g/mol. The molecule has 0 fully saturated rings. The molecule has 2 N–H and O–H groups in total. The molecule has 1 aromatic rings. The zero-order valence-electron chi connectivity index (χ0n) is 5.91. The third kappa shape index (κ3) is 2.75. The van der Waals surface area contributed by atoms with Gasteiger partial charge < -0.3 is 14.8 Å². The van der Waals surface area contributed by atoms with Crippen molar-refractivity contribution in [2.24, 2.45) is 0 Å². The van der Waals surface area contributed by atoms with Crippen LogP contribution >= 0.6 is 0 Å². The van der Waals surface area contributed by atoms with Crippen molar-refractivity contribution in [1.82, 2.24) is 0 Å². The number of hydrogen-bond donors (Lipinski definition) is 2. The van der Waals surface area contributed by atoms with E-state index in [2.05, 4.69) is 5.32 Å². The van der Waals surface area contributed by atoms with E-state index < -0.39 is 5.97 Å². The molecule has 0 saturated carbocycles. The number of hydrogen-bond acceptors (Lipinski definition) is 3. The fraction of sp³-hybridized carbons (Fsp3) is 0.286. The molecule has 0 saturated heterocycles. The molecule has 0 unspecified atom stereocenters. The molecule has 0 amide bonds. The Hall–Kier alpha value is -1.45. The van der Waals surface area contributed by atoms with Crippen LogP contribution in [0.25, 0.3) is 0 Å². The lowest BCUT2D eigenvalue weighted by Crippen LogP contribution is -2.06. The second-order valence-electron chi connectivity index (χ2n) is 2.05. The van der Waals surface area contributed by atoms with Gasteiger partial charge in [-0.3, -0.25) is 4.79 Å². The van der Waals surface area contributed by atoms with E-state index in [9.17, 15) is 4.79 Å². The van der Waals surface area contributed by atoms with Gasteiger partial charge in [0.05, 0.1) is 12.7 Å². The second kappa shape index (κ2) is 3.65. The molecule has 60 valence electrons. The van der Waals surface area contributed by atoms with Gasteiger partial charge in [-0.15, -0.1) is 0 Å². The number of carboxylic acid groups (broad SMARTS) is 1. The Morgan fingerprint density at radius 1 is 1.73 bits per heavy atom. The minimum absolute atomic E-state index is 0.0979. The first-order chi connectivity index (χ1) is 5.29. The highest BCUT2D eigenvalue weighted by molar-refractivity contribution is 5.67. The molecule has 1 rings (SSSR count). The van der Waals surface area contributed by atoms with E-state index in [1.807, 2.05) is 0 Å². The van der Waals surface area contributed by atoms with Gasteiger partial charge in [-0.05, 0) is 6.07 Å². The normalized spacial score (nSPS) is 9.45. The molecule has 4 heteroatoms. The van der Waals surface area contributed by atoms with E-state index in [1.54, 1.807) is 12.1 Å². The van der Waals surface area contributed by atoms with E-state index in [4.69, 9.17) is 9.52 Å². The lowest BCUT2D eigenvalue weighted by molar-refractivity contribution is -0.136. The van der Waals surface area contributed by atoms with Crippen LogP contribution in [0, 0.1) is 0 Å². The van der Waals surface area contributed by atoms with Crippen LogP contribution < -0.4 is 5.32 Å². The highest BCUT2D eigenvalue weighted by atomic mass is 16.4. The first kappa shape index (κ1) is 7.65. The predicted octanol–water partition coefficient (Wildman–Crippen LogP) is 1.17. The van der Waals surface area contributed by atoms with Gasteiger partial charge in [0.25, 0.3) is 0 Å². The van der Waals surface area contributed by atoms with Crippen LogP contribution in [-0.4, -0.2) is 17.6 Å². The Kier molecular flexibility index (Phi) is 2.54. The van der Waals surface area contributed by atoms with Crippen molar-refractivity contribution in [3.05, 3.63) is 18.4 Å². The van der Waals surface area contributed by atoms with Crippen molar-refractivity contribution in [2.45, 2.75) is 6.42 Å². The first-order valence-electron chi connectivity index (χ1n) is 3.28. The number of furan rings is 1. The Morgan fingerprint density at radius 3 is 3.09 bits per heavy atom. The predicted molar refractivity (Wildman–Crippen MR) is 39.5 cm³/mol. The van der Waals surface area contributed by atoms with Gasteiger partial charge >= 0.3 is 5.97 Å². The molecule has 0 aromatic carbocycles. The quantitative estimate of drug-likeness (QED) is 0.685. The Balaban J connectivity index is 2.19. The lowest BCUT2D eigenvalue weighted by atomic mass is 10.4. The fourth-order valence-corrected chi connectivity index (χ4v) is 0.672. The van der Waals surface area contributed by atoms with Crippen LogP contribution in [0.2, 0.25) is 0 Å². The standard InChI is InChI=1S/C7H9NO3/c9-7(10)3-4-8-6-2-1-5-11-6/h1-2,5,8H,3-4H2,(H,9,10). The van der Waals surface area contributed by atoms with E-state index in [0.29, 0.717) is 12.4 Å². The van der Waals surface area contributed by atoms with Crippen molar-refractivity contribution in [3.8, 4) is 0 Å². The van der Waals surface area contributed by atoms with E-state index in [-0.39, 0.29) is 6.42 Å². The summed E-state index contributed by atoms with van der Waals surface area (Å²) in [5.74, 6) is -0.213. The average Bonchev–Trinajstić information content (AvgIpc) is 2.39. The molecule has 0 spiro atoms. The summed E-state index contributed by atoms with van der Waals surface area (Å²) in [6, 6.07) is 3.48. The number of anilines is 1. The number of carbonyl (C=O) groups is 1. The van der Waals surface area contributed by atoms with E-state index >= 15 is 0 Å². The molecule has 0 radical (unpaired) electrons. The maximum Gasteiger partial charge on any atom is 0.305 e.